The molecule has 0 aliphatic carbocycles. The number of aliphatic carboxylic acids is 1. The van der Waals surface area contributed by atoms with Gasteiger partial charge in [0.1, 0.15) is 6.04 Å². The molecule has 0 saturated carbocycles. The van der Waals surface area contributed by atoms with Crippen LogP contribution in [0.3, 0.4) is 0 Å². The van der Waals surface area contributed by atoms with Gasteiger partial charge in [-0.1, -0.05) is 25.5 Å². The molecule has 1 rings (SSSR count). The van der Waals surface area contributed by atoms with Gasteiger partial charge in [0.05, 0.1) is 0 Å². The molecule has 1 aromatic heterocycles. The van der Waals surface area contributed by atoms with Crippen LogP contribution in [0.2, 0.25) is 0 Å². The van der Waals surface area contributed by atoms with Gasteiger partial charge in [0.25, 0.3) is 10.0 Å². The molecule has 2 N–H and O–H groups in total. The molecule has 10 heteroatoms. The zero-order valence-corrected chi connectivity index (χ0v) is 13.1. The van der Waals surface area contributed by atoms with Gasteiger partial charge in [-0.15, -0.1) is 5.10 Å². The Morgan fingerprint density at radius 2 is 2.16 bits per heavy atom. The maximum absolute atomic E-state index is 12.2. The second-order valence-electron chi connectivity index (χ2n) is 4.13. The Hall–Kier alpha value is -1.00. The van der Waals surface area contributed by atoms with Crippen molar-refractivity contribution in [1.29, 1.82) is 0 Å². The lowest BCUT2D eigenvalue weighted by Gasteiger charge is -2.19. The van der Waals surface area contributed by atoms with Crippen LogP contribution in [0.15, 0.2) is 9.63 Å². The highest BCUT2D eigenvalue weighted by molar-refractivity contribution is 9.10. The predicted octanol–water partition coefficient (Wildman–Crippen LogP) is 0.355. The monoisotopic (exact) mass is 354 g/mol. The molecule has 108 valence electrons. The zero-order valence-electron chi connectivity index (χ0n) is 10.7. The lowest BCUT2D eigenvalue weighted by atomic mass is 10.0. The predicted molar refractivity (Wildman–Crippen MR) is 69.9 cm³/mol. The first kappa shape index (κ1) is 16.1. The van der Waals surface area contributed by atoms with Crippen LogP contribution in [-0.4, -0.2) is 40.5 Å². The summed E-state index contributed by atoms with van der Waals surface area (Å²) in [5.41, 5.74) is 0. The van der Waals surface area contributed by atoms with E-state index in [0.717, 1.165) is 4.68 Å². The van der Waals surface area contributed by atoms with E-state index in [9.17, 15) is 13.2 Å². The van der Waals surface area contributed by atoms with Gasteiger partial charge in [-0.3, -0.25) is 4.79 Å². The van der Waals surface area contributed by atoms with Gasteiger partial charge in [-0.25, -0.2) is 13.1 Å². The number of hydrogen-bond acceptors (Lipinski definition) is 5. The first-order chi connectivity index (χ1) is 8.70. The number of carbonyl (C=O) groups is 1. The molecule has 2 atom stereocenters. The second-order valence-corrected chi connectivity index (χ2v) is 6.51. The van der Waals surface area contributed by atoms with E-state index >= 15 is 0 Å². The van der Waals surface area contributed by atoms with E-state index in [1.54, 1.807) is 13.8 Å². The number of sulfonamides is 1. The van der Waals surface area contributed by atoms with Gasteiger partial charge < -0.3 is 5.11 Å². The molecule has 0 saturated heterocycles. The van der Waals surface area contributed by atoms with Crippen molar-refractivity contribution in [2.24, 2.45) is 13.0 Å². The fraction of sp³-hybridized carbons (Fsp3) is 0.667. The molecular weight excluding hydrogens is 340 g/mol. The average Bonchev–Trinajstić information content (AvgIpc) is 2.65. The van der Waals surface area contributed by atoms with Crippen molar-refractivity contribution < 1.29 is 18.3 Å². The summed E-state index contributed by atoms with van der Waals surface area (Å²) >= 11 is 2.97. The molecule has 1 heterocycles. The van der Waals surface area contributed by atoms with Crippen molar-refractivity contribution in [1.82, 2.24) is 19.7 Å². The molecule has 1 aromatic rings. The summed E-state index contributed by atoms with van der Waals surface area (Å²) in [6, 6.07) is -1.20. The Morgan fingerprint density at radius 1 is 1.58 bits per heavy atom. The van der Waals surface area contributed by atoms with Gasteiger partial charge in [-0.05, 0) is 21.8 Å². The molecule has 8 nitrogen and oxygen atoms in total. The molecule has 0 radical (unpaired) electrons. The van der Waals surface area contributed by atoms with E-state index in [-0.39, 0.29) is 15.5 Å². The normalized spacial score (nSPS) is 15.2. The first-order valence-electron chi connectivity index (χ1n) is 5.51. The van der Waals surface area contributed by atoms with Gasteiger partial charge >= 0.3 is 5.97 Å². The molecule has 1 unspecified atom stereocenters. The van der Waals surface area contributed by atoms with Crippen LogP contribution >= 0.6 is 15.9 Å². The Balaban J connectivity index is 3.12. The fourth-order valence-corrected chi connectivity index (χ4v) is 3.87. The molecule has 0 spiro atoms. The molecule has 0 aliphatic rings. The number of halogens is 1. The van der Waals surface area contributed by atoms with E-state index < -0.39 is 22.0 Å². The fourth-order valence-electron chi connectivity index (χ4n) is 1.48. The van der Waals surface area contributed by atoms with Crippen molar-refractivity contribution in [2.45, 2.75) is 31.3 Å². The van der Waals surface area contributed by atoms with Crippen molar-refractivity contribution in [2.75, 3.05) is 0 Å². The van der Waals surface area contributed by atoms with Crippen LogP contribution < -0.4 is 4.72 Å². The van der Waals surface area contributed by atoms with Crippen LogP contribution in [0.25, 0.3) is 0 Å². The summed E-state index contributed by atoms with van der Waals surface area (Å²) in [5.74, 6) is -1.56. The highest BCUT2D eigenvalue weighted by Gasteiger charge is 2.32. The molecule has 0 amide bonds. The molecule has 0 bridgehead atoms. The number of nitrogens with one attached hydrogen (secondary N) is 1. The van der Waals surface area contributed by atoms with Crippen LogP contribution in [0, 0.1) is 5.92 Å². The van der Waals surface area contributed by atoms with Crippen molar-refractivity contribution in [3.8, 4) is 0 Å². The van der Waals surface area contributed by atoms with Gasteiger partial charge in [-0.2, -0.15) is 4.72 Å². The minimum atomic E-state index is -4.02. The number of aromatic nitrogens is 3. The molecule has 0 aliphatic heterocycles. The minimum Gasteiger partial charge on any atom is -0.480 e. The topological polar surface area (TPSA) is 114 Å². The number of rotatable bonds is 6. The summed E-state index contributed by atoms with van der Waals surface area (Å²) in [4.78, 5) is 11.1. The van der Waals surface area contributed by atoms with E-state index in [1.807, 2.05) is 0 Å². The second kappa shape index (κ2) is 5.97. The van der Waals surface area contributed by atoms with E-state index in [0.29, 0.717) is 6.42 Å². The number of hydrogen-bond donors (Lipinski definition) is 2. The third kappa shape index (κ3) is 3.51. The Morgan fingerprint density at radius 3 is 2.53 bits per heavy atom. The maximum Gasteiger partial charge on any atom is 0.322 e. The van der Waals surface area contributed by atoms with Gasteiger partial charge in [0, 0.05) is 7.05 Å². The quantitative estimate of drug-likeness (QED) is 0.761. The SMILES string of the molecule is CCC(C)[C@H](NS(=O)(=O)c1c(Br)nnn1C)C(=O)O. The molecular formula is C9H15BrN4O4S. The highest BCUT2D eigenvalue weighted by atomic mass is 79.9. The van der Waals surface area contributed by atoms with Crippen LogP contribution in [0.5, 0.6) is 0 Å². The van der Waals surface area contributed by atoms with Crippen molar-refractivity contribution in [3.05, 3.63) is 4.60 Å². The lowest BCUT2D eigenvalue weighted by Crippen LogP contribution is -2.45. The Kier molecular flexibility index (Phi) is 5.04. The Labute approximate surface area is 119 Å². The molecule has 0 aromatic carbocycles. The summed E-state index contributed by atoms with van der Waals surface area (Å²) in [5, 5.41) is 16.0. The summed E-state index contributed by atoms with van der Waals surface area (Å²) < 4.78 is 27.6. The standard InChI is InChI=1S/C9H15BrN4O4S/c1-4-5(2)6(9(15)16)12-19(17,18)8-7(10)11-13-14(8)3/h5-6,12H,4H2,1-3H3,(H,15,16)/t5?,6-/m0/s1. The number of nitrogens with zero attached hydrogens (tertiary/aromatic N) is 3. The third-order valence-corrected chi connectivity index (χ3v) is 5.08. The van der Waals surface area contributed by atoms with E-state index in [4.69, 9.17) is 5.11 Å². The third-order valence-electron chi connectivity index (χ3n) is 2.75. The van der Waals surface area contributed by atoms with Crippen LogP contribution in [-0.2, 0) is 21.9 Å². The molecule has 0 fully saturated rings. The highest BCUT2D eigenvalue weighted by Crippen LogP contribution is 2.19. The van der Waals surface area contributed by atoms with Crippen LogP contribution in [0.1, 0.15) is 20.3 Å². The van der Waals surface area contributed by atoms with Crippen molar-refractivity contribution >= 4 is 31.9 Å². The molecule has 19 heavy (non-hydrogen) atoms. The largest absolute Gasteiger partial charge is 0.480 e. The van der Waals surface area contributed by atoms with Gasteiger partial charge in [0.15, 0.2) is 4.60 Å². The summed E-state index contributed by atoms with van der Waals surface area (Å²) in [6.45, 7) is 3.45. The number of aryl methyl sites for hydroxylation is 1. The summed E-state index contributed by atoms with van der Waals surface area (Å²) in [7, 11) is -2.61. The maximum atomic E-state index is 12.2. The summed E-state index contributed by atoms with van der Waals surface area (Å²) in [6.07, 6.45) is 0.532. The minimum absolute atomic E-state index is 0.0378. The zero-order chi connectivity index (χ0) is 14.8. The van der Waals surface area contributed by atoms with Crippen molar-refractivity contribution in [3.63, 3.8) is 0 Å². The van der Waals surface area contributed by atoms with Crippen LogP contribution in [0.4, 0.5) is 0 Å². The Bertz CT molecular complexity index is 551. The smallest absolute Gasteiger partial charge is 0.322 e. The number of carboxylic acids is 1. The van der Waals surface area contributed by atoms with E-state index in [1.165, 1.54) is 7.05 Å². The number of carboxylic acid groups (broad SMARTS) is 1. The average molecular weight is 355 g/mol. The van der Waals surface area contributed by atoms with E-state index in [2.05, 4.69) is 31.0 Å². The lowest BCUT2D eigenvalue weighted by molar-refractivity contribution is -0.140. The first-order valence-corrected chi connectivity index (χ1v) is 7.78. The van der Waals surface area contributed by atoms with Gasteiger partial charge in [0.2, 0.25) is 5.03 Å².